The van der Waals surface area contributed by atoms with Crippen LogP contribution in [0.2, 0.25) is 0 Å². The maximum Gasteiger partial charge on any atom is 0.223 e. The summed E-state index contributed by atoms with van der Waals surface area (Å²) in [6, 6.07) is 1.83. The van der Waals surface area contributed by atoms with Crippen LogP contribution in [0.3, 0.4) is 0 Å². The SMILES string of the molecule is Cc1nc(CCNc2cncc(N)c2)no1. The summed E-state index contributed by atoms with van der Waals surface area (Å²) in [5.41, 5.74) is 7.13. The van der Waals surface area contributed by atoms with Gasteiger partial charge in [-0.05, 0) is 6.07 Å². The number of nitrogen functional groups attached to an aromatic ring is 1. The Labute approximate surface area is 92.9 Å². The molecule has 0 amide bonds. The van der Waals surface area contributed by atoms with Gasteiger partial charge in [0.2, 0.25) is 5.89 Å². The molecular formula is C10H13N5O. The lowest BCUT2D eigenvalue weighted by molar-refractivity contribution is 0.387. The first-order valence-electron chi connectivity index (χ1n) is 4.97. The van der Waals surface area contributed by atoms with Gasteiger partial charge in [0.25, 0.3) is 0 Å². The van der Waals surface area contributed by atoms with Crippen molar-refractivity contribution < 1.29 is 4.52 Å². The zero-order chi connectivity index (χ0) is 11.4. The summed E-state index contributed by atoms with van der Waals surface area (Å²) in [5, 5.41) is 6.98. The fourth-order valence-electron chi connectivity index (χ4n) is 1.32. The fourth-order valence-corrected chi connectivity index (χ4v) is 1.32. The van der Waals surface area contributed by atoms with Crippen molar-refractivity contribution in [3.63, 3.8) is 0 Å². The Morgan fingerprint density at radius 2 is 2.31 bits per heavy atom. The third kappa shape index (κ3) is 2.69. The molecule has 2 aromatic heterocycles. The zero-order valence-electron chi connectivity index (χ0n) is 8.97. The molecule has 0 radical (unpaired) electrons. The lowest BCUT2D eigenvalue weighted by atomic mass is 10.3. The summed E-state index contributed by atoms with van der Waals surface area (Å²) in [7, 11) is 0. The number of pyridine rings is 1. The van der Waals surface area contributed by atoms with Crippen molar-refractivity contribution in [2.75, 3.05) is 17.6 Å². The molecule has 6 heteroatoms. The van der Waals surface area contributed by atoms with Gasteiger partial charge in [-0.1, -0.05) is 5.16 Å². The van der Waals surface area contributed by atoms with Gasteiger partial charge in [-0.15, -0.1) is 0 Å². The van der Waals surface area contributed by atoms with E-state index in [4.69, 9.17) is 10.3 Å². The van der Waals surface area contributed by atoms with E-state index in [9.17, 15) is 0 Å². The van der Waals surface area contributed by atoms with Gasteiger partial charge >= 0.3 is 0 Å². The van der Waals surface area contributed by atoms with Crippen LogP contribution < -0.4 is 11.1 Å². The van der Waals surface area contributed by atoms with Crippen LogP contribution in [0, 0.1) is 6.92 Å². The molecular weight excluding hydrogens is 206 g/mol. The number of rotatable bonds is 4. The maximum absolute atomic E-state index is 5.60. The summed E-state index contributed by atoms with van der Waals surface area (Å²) in [6.45, 7) is 2.48. The van der Waals surface area contributed by atoms with Gasteiger partial charge < -0.3 is 15.6 Å². The molecule has 2 heterocycles. The number of hydrogen-bond donors (Lipinski definition) is 2. The van der Waals surface area contributed by atoms with Crippen LogP contribution in [0.5, 0.6) is 0 Å². The molecule has 2 rings (SSSR count). The molecule has 0 aromatic carbocycles. The highest BCUT2D eigenvalue weighted by Crippen LogP contribution is 2.09. The van der Waals surface area contributed by atoms with Crippen LogP contribution >= 0.6 is 0 Å². The summed E-state index contributed by atoms with van der Waals surface area (Å²) in [4.78, 5) is 8.08. The van der Waals surface area contributed by atoms with Gasteiger partial charge in [-0.3, -0.25) is 4.98 Å². The van der Waals surface area contributed by atoms with E-state index in [0.717, 1.165) is 5.69 Å². The highest BCUT2D eigenvalue weighted by Gasteiger charge is 2.01. The first-order chi connectivity index (χ1) is 7.74. The maximum atomic E-state index is 5.60. The highest BCUT2D eigenvalue weighted by molar-refractivity contribution is 5.51. The number of nitrogens with two attached hydrogens (primary N) is 1. The van der Waals surface area contributed by atoms with Crippen molar-refractivity contribution in [2.24, 2.45) is 0 Å². The van der Waals surface area contributed by atoms with Gasteiger partial charge in [-0.25, -0.2) is 0 Å². The van der Waals surface area contributed by atoms with Crippen molar-refractivity contribution in [3.8, 4) is 0 Å². The Morgan fingerprint density at radius 3 is 3.00 bits per heavy atom. The molecule has 0 aliphatic carbocycles. The molecule has 0 fully saturated rings. The van der Waals surface area contributed by atoms with Gasteiger partial charge in [0.15, 0.2) is 5.82 Å². The van der Waals surface area contributed by atoms with Gasteiger partial charge in [0, 0.05) is 26.1 Å². The molecule has 6 nitrogen and oxygen atoms in total. The smallest absolute Gasteiger partial charge is 0.223 e. The Bertz CT molecular complexity index is 468. The van der Waals surface area contributed by atoms with Crippen LogP contribution in [-0.4, -0.2) is 21.7 Å². The third-order valence-corrected chi connectivity index (χ3v) is 2.01. The van der Waals surface area contributed by atoms with E-state index >= 15 is 0 Å². The fraction of sp³-hybridized carbons (Fsp3) is 0.300. The van der Waals surface area contributed by atoms with E-state index in [-0.39, 0.29) is 0 Å². The Kier molecular flexibility index (Phi) is 3.00. The number of nitrogens with zero attached hydrogens (tertiary/aromatic N) is 3. The topological polar surface area (TPSA) is 89.9 Å². The second kappa shape index (κ2) is 4.61. The molecule has 0 unspecified atom stereocenters. The highest BCUT2D eigenvalue weighted by atomic mass is 16.5. The molecule has 0 saturated heterocycles. The van der Waals surface area contributed by atoms with E-state index in [2.05, 4.69) is 20.4 Å². The predicted molar refractivity (Wildman–Crippen MR) is 59.9 cm³/mol. The summed E-state index contributed by atoms with van der Waals surface area (Å²) in [6.07, 6.45) is 4.03. The van der Waals surface area contributed by atoms with Crippen molar-refractivity contribution in [1.82, 2.24) is 15.1 Å². The van der Waals surface area contributed by atoms with Crippen LogP contribution in [0.15, 0.2) is 23.0 Å². The largest absolute Gasteiger partial charge is 0.397 e. The number of aryl methyl sites for hydroxylation is 1. The van der Waals surface area contributed by atoms with E-state index in [1.165, 1.54) is 0 Å². The molecule has 84 valence electrons. The molecule has 0 aliphatic heterocycles. The molecule has 3 N–H and O–H groups in total. The van der Waals surface area contributed by atoms with Gasteiger partial charge in [0.05, 0.1) is 17.6 Å². The van der Waals surface area contributed by atoms with E-state index in [1.54, 1.807) is 19.3 Å². The van der Waals surface area contributed by atoms with Gasteiger partial charge in [0.1, 0.15) is 0 Å². The van der Waals surface area contributed by atoms with Crippen LogP contribution in [0.4, 0.5) is 11.4 Å². The van der Waals surface area contributed by atoms with E-state index in [0.29, 0.717) is 30.4 Å². The average Bonchev–Trinajstić information content (AvgIpc) is 2.64. The number of aromatic nitrogens is 3. The first-order valence-corrected chi connectivity index (χ1v) is 4.97. The second-order valence-electron chi connectivity index (χ2n) is 3.41. The van der Waals surface area contributed by atoms with Crippen LogP contribution in [0.25, 0.3) is 0 Å². The molecule has 0 spiro atoms. The lowest BCUT2D eigenvalue weighted by Gasteiger charge is -2.04. The van der Waals surface area contributed by atoms with Crippen LogP contribution in [-0.2, 0) is 6.42 Å². The third-order valence-electron chi connectivity index (χ3n) is 2.01. The molecule has 0 aliphatic rings. The lowest BCUT2D eigenvalue weighted by Crippen LogP contribution is -2.06. The van der Waals surface area contributed by atoms with E-state index in [1.807, 2.05) is 6.07 Å². The van der Waals surface area contributed by atoms with Gasteiger partial charge in [-0.2, -0.15) is 4.98 Å². The zero-order valence-corrected chi connectivity index (χ0v) is 8.97. The molecule has 0 saturated carbocycles. The minimum Gasteiger partial charge on any atom is -0.397 e. The molecule has 0 atom stereocenters. The monoisotopic (exact) mass is 219 g/mol. The van der Waals surface area contributed by atoms with Crippen molar-refractivity contribution in [1.29, 1.82) is 0 Å². The van der Waals surface area contributed by atoms with Crippen molar-refractivity contribution in [3.05, 3.63) is 30.2 Å². The Balaban J connectivity index is 1.84. The van der Waals surface area contributed by atoms with E-state index < -0.39 is 0 Å². The normalized spacial score (nSPS) is 10.3. The van der Waals surface area contributed by atoms with Crippen molar-refractivity contribution >= 4 is 11.4 Å². The summed E-state index contributed by atoms with van der Waals surface area (Å²) >= 11 is 0. The van der Waals surface area contributed by atoms with Crippen molar-refractivity contribution in [2.45, 2.75) is 13.3 Å². The summed E-state index contributed by atoms with van der Waals surface area (Å²) < 4.78 is 4.87. The minimum atomic E-state index is 0.584. The Morgan fingerprint density at radius 1 is 1.44 bits per heavy atom. The standard InChI is InChI=1S/C10H13N5O/c1-7-14-10(15-16-7)2-3-13-9-4-8(11)5-12-6-9/h4-6,13H,2-3,11H2,1H3. The molecule has 16 heavy (non-hydrogen) atoms. The Hall–Kier alpha value is -2.11. The molecule has 2 aromatic rings. The number of anilines is 2. The molecule has 0 bridgehead atoms. The minimum absolute atomic E-state index is 0.584. The quantitative estimate of drug-likeness (QED) is 0.797. The average molecular weight is 219 g/mol. The number of hydrogen-bond acceptors (Lipinski definition) is 6. The number of nitrogens with one attached hydrogen (secondary N) is 1. The van der Waals surface area contributed by atoms with Crippen LogP contribution in [0.1, 0.15) is 11.7 Å². The predicted octanol–water partition coefficient (Wildman–Crippen LogP) is 1.01. The second-order valence-corrected chi connectivity index (χ2v) is 3.41. The first kappa shape index (κ1) is 10.4. The summed E-state index contributed by atoms with van der Waals surface area (Å²) in [5.74, 6) is 1.28.